The molecule has 4 bridgehead atoms. The van der Waals surface area contributed by atoms with Crippen LogP contribution in [0.5, 0.6) is 0 Å². The largest absolute Gasteiger partial charge is 0.326 e. The van der Waals surface area contributed by atoms with Crippen molar-refractivity contribution in [3.05, 3.63) is 28.3 Å². The van der Waals surface area contributed by atoms with E-state index in [1.165, 1.54) is 44.1 Å². The van der Waals surface area contributed by atoms with Crippen molar-refractivity contribution in [1.29, 1.82) is 0 Å². The molecule has 4 fully saturated rings. The van der Waals surface area contributed by atoms with E-state index in [9.17, 15) is 4.79 Å². The smallest absolute Gasteiger partial charge is 0.221 e. The molecule has 2 nitrogen and oxygen atoms in total. The molecule has 1 aromatic carbocycles. The third-order valence-electron chi connectivity index (χ3n) is 6.31. The number of halogens is 1. The van der Waals surface area contributed by atoms with Gasteiger partial charge in [-0.2, -0.15) is 0 Å². The van der Waals surface area contributed by atoms with Gasteiger partial charge in [0.15, 0.2) is 0 Å². The van der Waals surface area contributed by atoms with E-state index >= 15 is 0 Å². The standard InChI is InChI=1S/C19H24ClNO/c1-11-17(21-12(2)22)4-3-16(18(11)20)19-8-13-5-14(9-19)7-15(6-13)10-19/h3-4,13-15H,5-10H2,1-2H3,(H,21,22). The zero-order valence-electron chi connectivity index (χ0n) is 13.4. The number of hydrogen-bond donors (Lipinski definition) is 1. The molecule has 1 N–H and O–H groups in total. The maximum atomic E-state index is 11.3. The molecule has 0 atom stereocenters. The molecule has 0 aliphatic heterocycles. The van der Waals surface area contributed by atoms with E-state index in [-0.39, 0.29) is 5.91 Å². The molecule has 0 heterocycles. The molecule has 4 aliphatic rings. The minimum atomic E-state index is -0.0401. The fourth-order valence-corrected chi connectivity index (χ4v) is 6.23. The van der Waals surface area contributed by atoms with Crippen molar-refractivity contribution in [3.8, 4) is 0 Å². The first-order valence-corrected chi connectivity index (χ1v) is 8.92. The first-order chi connectivity index (χ1) is 10.5. The fraction of sp³-hybridized carbons (Fsp3) is 0.632. The first kappa shape index (κ1) is 14.6. The van der Waals surface area contributed by atoms with Crippen LogP contribution in [-0.2, 0) is 10.2 Å². The van der Waals surface area contributed by atoms with Gasteiger partial charge in [0.1, 0.15) is 0 Å². The van der Waals surface area contributed by atoms with Gasteiger partial charge in [0.25, 0.3) is 0 Å². The molecule has 1 amide bonds. The highest BCUT2D eigenvalue weighted by atomic mass is 35.5. The molecule has 5 rings (SSSR count). The lowest BCUT2D eigenvalue weighted by molar-refractivity contribution is -0.114. The molecule has 22 heavy (non-hydrogen) atoms. The number of hydrogen-bond acceptors (Lipinski definition) is 1. The molecular formula is C19H24ClNO. The molecule has 4 aliphatic carbocycles. The Bertz CT molecular complexity index is 601. The van der Waals surface area contributed by atoms with E-state index in [0.29, 0.717) is 5.41 Å². The topological polar surface area (TPSA) is 29.1 Å². The van der Waals surface area contributed by atoms with Gasteiger partial charge in [-0.25, -0.2) is 0 Å². The summed E-state index contributed by atoms with van der Waals surface area (Å²) < 4.78 is 0. The van der Waals surface area contributed by atoms with E-state index in [4.69, 9.17) is 11.6 Å². The Hall–Kier alpha value is -1.02. The molecule has 1 aromatic rings. The van der Waals surface area contributed by atoms with Crippen molar-refractivity contribution < 1.29 is 4.79 Å². The average molecular weight is 318 g/mol. The van der Waals surface area contributed by atoms with Crippen LogP contribution in [0.15, 0.2) is 12.1 Å². The number of benzene rings is 1. The summed E-state index contributed by atoms with van der Waals surface area (Å²) in [5, 5.41) is 3.77. The highest BCUT2D eigenvalue weighted by molar-refractivity contribution is 6.32. The van der Waals surface area contributed by atoms with Gasteiger partial charge in [-0.15, -0.1) is 0 Å². The monoisotopic (exact) mass is 317 g/mol. The number of carbonyl (C=O) groups excluding carboxylic acids is 1. The normalized spacial score (nSPS) is 35.7. The second-order valence-corrected chi connectivity index (χ2v) is 8.36. The van der Waals surface area contributed by atoms with E-state index in [1.54, 1.807) is 6.92 Å². The van der Waals surface area contributed by atoms with Crippen molar-refractivity contribution >= 4 is 23.2 Å². The quantitative estimate of drug-likeness (QED) is 0.810. The minimum absolute atomic E-state index is 0.0401. The summed E-state index contributed by atoms with van der Waals surface area (Å²) in [5.74, 6) is 2.70. The van der Waals surface area contributed by atoms with Crippen molar-refractivity contribution in [3.63, 3.8) is 0 Å². The van der Waals surface area contributed by atoms with Crippen molar-refractivity contribution in [2.75, 3.05) is 5.32 Å². The zero-order chi connectivity index (χ0) is 15.5. The van der Waals surface area contributed by atoms with Gasteiger partial charge in [0, 0.05) is 17.6 Å². The lowest BCUT2D eigenvalue weighted by atomic mass is 9.48. The first-order valence-electron chi connectivity index (χ1n) is 8.54. The van der Waals surface area contributed by atoms with Crippen molar-refractivity contribution in [2.45, 2.75) is 57.8 Å². The minimum Gasteiger partial charge on any atom is -0.326 e. The third-order valence-corrected chi connectivity index (χ3v) is 6.79. The molecule has 118 valence electrons. The van der Waals surface area contributed by atoms with Gasteiger partial charge in [0.05, 0.1) is 0 Å². The number of rotatable bonds is 2. The fourth-order valence-electron chi connectivity index (χ4n) is 5.86. The van der Waals surface area contributed by atoms with Crippen molar-refractivity contribution in [1.82, 2.24) is 0 Å². The van der Waals surface area contributed by atoms with Crippen LogP contribution in [0.3, 0.4) is 0 Å². The Morgan fingerprint density at radius 3 is 2.18 bits per heavy atom. The summed E-state index contributed by atoms with van der Waals surface area (Å²) >= 11 is 6.77. The van der Waals surface area contributed by atoms with Crippen molar-refractivity contribution in [2.24, 2.45) is 17.8 Å². The van der Waals surface area contributed by atoms with Crippen LogP contribution in [0, 0.1) is 24.7 Å². The Morgan fingerprint density at radius 2 is 1.68 bits per heavy atom. The molecule has 4 saturated carbocycles. The van der Waals surface area contributed by atoms with Crippen LogP contribution in [0.2, 0.25) is 5.02 Å². The Kier molecular flexibility index (Phi) is 3.30. The number of nitrogens with one attached hydrogen (secondary N) is 1. The summed E-state index contributed by atoms with van der Waals surface area (Å²) in [4.78, 5) is 11.3. The van der Waals surface area contributed by atoms with Gasteiger partial charge >= 0.3 is 0 Å². The third kappa shape index (κ3) is 2.19. The van der Waals surface area contributed by atoms with E-state index in [0.717, 1.165) is 34.0 Å². The predicted molar refractivity (Wildman–Crippen MR) is 90.3 cm³/mol. The van der Waals surface area contributed by atoms with Crippen LogP contribution >= 0.6 is 11.6 Å². The van der Waals surface area contributed by atoms with Crippen LogP contribution in [-0.4, -0.2) is 5.91 Å². The molecule has 0 aromatic heterocycles. The SMILES string of the molecule is CC(=O)Nc1ccc(C23CC4CC(CC(C4)C2)C3)c(Cl)c1C. The second kappa shape index (κ2) is 4.99. The molecule has 3 heteroatoms. The van der Waals surface area contributed by atoms with E-state index in [2.05, 4.69) is 17.4 Å². The summed E-state index contributed by atoms with van der Waals surface area (Å²) in [6.07, 6.45) is 8.28. The molecule has 0 spiro atoms. The highest BCUT2D eigenvalue weighted by Gasteiger charge is 2.52. The summed E-state index contributed by atoms with van der Waals surface area (Å²) in [6.45, 7) is 3.57. The summed E-state index contributed by atoms with van der Waals surface area (Å²) in [7, 11) is 0. The van der Waals surface area contributed by atoms with Gasteiger partial charge < -0.3 is 5.32 Å². The summed E-state index contributed by atoms with van der Waals surface area (Å²) in [6, 6.07) is 4.24. The molecule has 0 unspecified atom stereocenters. The number of anilines is 1. The number of carbonyl (C=O) groups is 1. The van der Waals surface area contributed by atoms with Gasteiger partial charge in [-0.1, -0.05) is 17.7 Å². The van der Waals surface area contributed by atoms with Crippen LogP contribution in [0.25, 0.3) is 0 Å². The predicted octanol–water partition coefficient (Wildman–Crippen LogP) is 5.07. The van der Waals surface area contributed by atoms with Crippen LogP contribution in [0.4, 0.5) is 5.69 Å². The Morgan fingerprint density at radius 1 is 1.14 bits per heavy atom. The highest BCUT2D eigenvalue weighted by Crippen LogP contribution is 2.61. The summed E-state index contributed by atoms with van der Waals surface area (Å²) in [5.41, 5.74) is 3.53. The second-order valence-electron chi connectivity index (χ2n) is 7.98. The van der Waals surface area contributed by atoms with Gasteiger partial charge in [-0.05, 0) is 85.8 Å². The molecular weight excluding hydrogens is 294 g/mol. The Labute approximate surface area is 137 Å². The van der Waals surface area contributed by atoms with Crippen LogP contribution < -0.4 is 5.32 Å². The average Bonchev–Trinajstić information content (AvgIpc) is 2.42. The molecule has 0 saturated heterocycles. The zero-order valence-corrected chi connectivity index (χ0v) is 14.2. The lowest BCUT2D eigenvalue weighted by Gasteiger charge is -2.57. The van der Waals surface area contributed by atoms with Crippen LogP contribution in [0.1, 0.15) is 56.6 Å². The number of amides is 1. The van der Waals surface area contributed by atoms with E-state index in [1.807, 2.05) is 6.92 Å². The van der Waals surface area contributed by atoms with Gasteiger partial charge in [-0.3, -0.25) is 4.79 Å². The molecule has 0 radical (unpaired) electrons. The van der Waals surface area contributed by atoms with E-state index < -0.39 is 0 Å². The lowest BCUT2D eigenvalue weighted by Crippen LogP contribution is -2.48. The van der Waals surface area contributed by atoms with Gasteiger partial charge in [0.2, 0.25) is 5.91 Å². The maximum Gasteiger partial charge on any atom is 0.221 e. The maximum absolute atomic E-state index is 11.3. The Balaban J connectivity index is 1.74.